The molecule has 1 N–H and O–H groups in total. The number of carbonyl (C=O) groups excluding carboxylic acids is 1. The van der Waals surface area contributed by atoms with Crippen molar-refractivity contribution in [3.63, 3.8) is 0 Å². The van der Waals surface area contributed by atoms with Crippen LogP contribution >= 0.6 is 11.3 Å². The lowest BCUT2D eigenvalue weighted by Crippen LogP contribution is -2.65. The summed E-state index contributed by atoms with van der Waals surface area (Å²) in [5.41, 5.74) is 1.18. The minimum absolute atomic E-state index is 0.0489. The number of likely N-dealkylation sites (tertiary alicyclic amines) is 1. The highest BCUT2D eigenvalue weighted by Gasteiger charge is 2.49. The largest absolute Gasteiger partial charge is 0.393 e. The van der Waals surface area contributed by atoms with E-state index < -0.39 is 12.6 Å². The molecule has 1 unspecified atom stereocenters. The Hall–Kier alpha value is -2.38. The maximum Gasteiger partial charge on any atom is 0.393 e. The van der Waals surface area contributed by atoms with Crippen molar-refractivity contribution in [1.82, 2.24) is 15.2 Å². The highest BCUT2D eigenvalue weighted by Crippen LogP contribution is 2.47. The molecule has 2 aromatic heterocycles. The maximum atomic E-state index is 13.4. The van der Waals surface area contributed by atoms with Crippen molar-refractivity contribution in [2.45, 2.75) is 63.7 Å². The van der Waals surface area contributed by atoms with Gasteiger partial charge in [-0.1, -0.05) is 6.92 Å². The normalized spacial score (nSPS) is 29.4. The van der Waals surface area contributed by atoms with Crippen LogP contribution in [0, 0.1) is 28.6 Å². The summed E-state index contributed by atoms with van der Waals surface area (Å²) in [5.74, 6) is 1.28. The molecule has 1 aliphatic carbocycles. The number of amides is 1. The van der Waals surface area contributed by atoms with Crippen molar-refractivity contribution in [2.75, 3.05) is 31.1 Å². The predicted molar refractivity (Wildman–Crippen MR) is 132 cm³/mol. The number of piperidine rings is 3. The number of alkyl halides is 3. The Morgan fingerprint density at radius 2 is 2.06 bits per heavy atom. The van der Waals surface area contributed by atoms with Crippen LogP contribution in [-0.4, -0.2) is 60.2 Å². The van der Waals surface area contributed by atoms with Gasteiger partial charge in [0.25, 0.3) is 0 Å². The number of anilines is 1. The Morgan fingerprint density at radius 1 is 1.31 bits per heavy atom. The molecule has 1 saturated carbocycles. The Bertz CT molecular complexity index is 1220. The molecule has 5 fully saturated rings. The van der Waals surface area contributed by atoms with Crippen LogP contribution in [0.15, 0.2) is 12.3 Å². The van der Waals surface area contributed by atoms with Gasteiger partial charge in [0.1, 0.15) is 10.9 Å². The highest BCUT2D eigenvalue weighted by molar-refractivity contribution is 7.18. The molecule has 4 saturated heterocycles. The highest BCUT2D eigenvalue weighted by atomic mass is 32.1. The van der Waals surface area contributed by atoms with Gasteiger partial charge in [0.15, 0.2) is 0 Å². The van der Waals surface area contributed by atoms with Crippen LogP contribution in [0.4, 0.5) is 18.9 Å². The summed E-state index contributed by atoms with van der Waals surface area (Å²) in [6, 6.07) is 4.15. The lowest BCUT2D eigenvalue weighted by molar-refractivity contribution is -0.141. The Morgan fingerprint density at radius 3 is 2.69 bits per heavy atom. The molecule has 4 atom stereocenters. The average molecular weight is 518 g/mol. The topological polar surface area (TPSA) is 72.3 Å². The van der Waals surface area contributed by atoms with Crippen molar-refractivity contribution in [1.29, 1.82) is 5.26 Å². The van der Waals surface area contributed by atoms with E-state index >= 15 is 0 Å². The maximum absolute atomic E-state index is 13.4. The van der Waals surface area contributed by atoms with Crippen molar-refractivity contribution < 1.29 is 18.0 Å². The first kappa shape index (κ1) is 24.0. The van der Waals surface area contributed by atoms with Gasteiger partial charge in [0, 0.05) is 54.1 Å². The fourth-order valence-electron chi connectivity index (χ4n) is 7.07. The number of fused-ring (bicyclic) bond motifs is 4. The third-order valence-electron chi connectivity index (χ3n) is 8.93. The standard InChI is InChI=1S/C26H30F3N5OS/c1-15-8-17-2-3-19(15)21(32-17)24(35)33-6-4-25(5-7-33)13-34(14-25)22-16(11-30)12-31-23-20(22)9-18(36-23)10-26(27,28)29/h9,12,15,17,19,21,32H,2-8,10,13-14H2,1H3/t15?,17-,19+,21-/m0/s1. The summed E-state index contributed by atoms with van der Waals surface area (Å²) >= 11 is 1.04. The number of hydrogen-bond donors (Lipinski definition) is 1. The predicted octanol–water partition coefficient (Wildman–Crippen LogP) is 4.48. The zero-order chi connectivity index (χ0) is 25.2. The zero-order valence-corrected chi connectivity index (χ0v) is 21.1. The van der Waals surface area contributed by atoms with E-state index in [1.807, 2.05) is 4.90 Å². The van der Waals surface area contributed by atoms with Crippen molar-refractivity contribution in [3.05, 3.63) is 22.7 Å². The quantitative estimate of drug-likeness (QED) is 0.650. The number of nitrogens with zero attached hydrogens (tertiary/aromatic N) is 4. The van der Waals surface area contributed by atoms with Gasteiger partial charge < -0.3 is 15.1 Å². The fourth-order valence-corrected chi connectivity index (χ4v) is 8.10. The molecule has 1 amide bonds. The molecule has 5 aliphatic rings. The number of halogens is 3. The second-order valence-corrected chi connectivity index (χ2v) is 12.4. The summed E-state index contributed by atoms with van der Waals surface area (Å²) in [5, 5.41) is 13.9. The zero-order valence-electron chi connectivity index (χ0n) is 20.3. The summed E-state index contributed by atoms with van der Waals surface area (Å²) in [4.78, 5) is 22.5. The van der Waals surface area contributed by atoms with E-state index in [2.05, 4.69) is 28.2 Å². The van der Waals surface area contributed by atoms with Crippen LogP contribution in [0.2, 0.25) is 0 Å². The van der Waals surface area contributed by atoms with E-state index in [0.29, 0.717) is 39.3 Å². The molecule has 1 spiro atoms. The molecule has 36 heavy (non-hydrogen) atoms. The molecule has 7 rings (SSSR count). The summed E-state index contributed by atoms with van der Waals surface area (Å²) < 4.78 is 38.9. The summed E-state index contributed by atoms with van der Waals surface area (Å²) in [7, 11) is 0. The molecule has 10 heteroatoms. The van der Waals surface area contributed by atoms with E-state index in [1.54, 1.807) is 6.07 Å². The SMILES string of the molecule is CC1C[C@@H]2CC[C@H]1[C@@H](C(=O)N1CCC3(CC1)CN(c1c(C#N)cnc4sc(CC(F)(F)F)cc14)C3)N2. The third-order valence-corrected chi connectivity index (χ3v) is 9.97. The van der Waals surface area contributed by atoms with Gasteiger partial charge >= 0.3 is 6.18 Å². The van der Waals surface area contributed by atoms with E-state index in [4.69, 9.17) is 0 Å². The van der Waals surface area contributed by atoms with Gasteiger partial charge in [-0.15, -0.1) is 11.3 Å². The van der Waals surface area contributed by atoms with E-state index in [-0.39, 0.29) is 22.2 Å². The Labute approximate surface area is 212 Å². The van der Waals surface area contributed by atoms with Crippen molar-refractivity contribution in [2.24, 2.45) is 17.3 Å². The first-order chi connectivity index (χ1) is 17.1. The number of aromatic nitrogens is 1. The van der Waals surface area contributed by atoms with E-state index in [9.17, 15) is 23.2 Å². The van der Waals surface area contributed by atoms with Gasteiger partial charge in [0.05, 0.1) is 23.7 Å². The minimum Gasteiger partial charge on any atom is -0.369 e. The van der Waals surface area contributed by atoms with Crippen LogP contribution in [0.25, 0.3) is 10.2 Å². The lowest BCUT2D eigenvalue weighted by atomic mass is 9.68. The third kappa shape index (κ3) is 4.14. The second-order valence-electron chi connectivity index (χ2n) is 11.3. The van der Waals surface area contributed by atoms with E-state index in [0.717, 1.165) is 56.8 Å². The molecule has 0 radical (unpaired) electrons. The van der Waals surface area contributed by atoms with Gasteiger partial charge in [-0.25, -0.2) is 4.98 Å². The summed E-state index contributed by atoms with van der Waals surface area (Å²) in [6.45, 7) is 5.24. The number of pyridine rings is 1. The number of thiophene rings is 1. The molecule has 6 heterocycles. The van der Waals surface area contributed by atoms with Gasteiger partial charge in [-0.3, -0.25) is 4.79 Å². The van der Waals surface area contributed by atoms with Crippen molar-refractivity contribution in [3.8, 4) is 6.07 Å². The molecule has 4 aliphatic heterocycles. The van der Waals surface area contributed by atoms with Crippen LogP contribution < -0.4 is 10.2 Å². The smallest absolute Gasteiger partial charge is 0.369 e. The first-order valence-corrected chi connectivity index (χ1v) is 13.6. The molecule has 6 nitrogen and oxygen atoms in total. The molecular formula is C26H30F3N5OS. The minimum atomic E-state index is -4.28. The number of hydrogen-bond acceptors (Lipinski definition) is 6. The van der Waals surface area contributed by atoms with Crippen LogP contribution in [-0.2, 0) is 11.2 Å². The molecule has 0 aromatic carbocycles. The summed E-state index contributed by atoms with van der Waals surface area (Å²) in [6.07, 6.45) is 1.50. The molecule has 2 aromatic rings. The lowest BCUT2D eigenvalue weighted by Gasteiger charge is -2.56. The number of nitrogens with one attached hydrogen (secondary N) is 1. The monoisotopic (exact) mass is 517 g/mol. The first-order valence-electron chi connectivity index (χ1n) is 12.8. The van der Waals surface area contributed by atoms with Gasteiger partial charge in [0.2, 0.25) is 5.91 Å². The second kappa shape index (κ2) is 8.59. The van der Waals surface area contributed by atoms with Crippen molar-refractivity contribution >= 4 is 33.1 Å². The Kier molecular flexibility index (Phi) is 5.72. The fraction of sp³-hybridized carbons (Fsp3) is 0.654. The molecule has 2 bridgehead atoms. The van der Waals surface area contributed by atoms with Crippen LogP contribution in [0.1, 0.15) is 49.5 Å². The van der Waals surface area contributed by atoms with E-state index in [1.165, 1.54) is 19.0 Å². The average Bonchev–Trinajstić information content (AvgIpc) is 3.22. The number of carbonyl (C=O) groups is 1. The molecular weight excluding hydrogens is 487 g/mol. The Balaban J connectivity index is 1.14. The molecule has 192 valence electrons. The number of nitriles is 1. The number of rotatable bonds is 3. The van der Waals surface area contributed by atoms with Crippen LogP contribution in [0.5, 0.6) is 0 Å². The van der Waals surface area contributed by atoms with Gasteiger partial charge in [-0.2, -0.15) is 18.4 Å². The van der Waals surface area contributed by atoms with Gasteiger partial charge in [-0.05, 0) is 50.0 Å². The van der Waals surface area contributed by atoms with Crippen LogP contribution in [0.3, 0.4) is 0 Å².